The highest BCUT2D eigenvalue weighted by molar-refractivity contribution is 6.36. The van der Waals surface area contributed by atoms with Crippen LogP contribution in [0.4, 0.5) is 0 Å². The molecule has 0 radical (unpaired) electrons. The molecule has 21 heavy (non-hydrogen) atoms. The molecule has 1 amide bonds. The van der Waals surface area contributed by atoms with Crippen LogP contribution in [0, 0.1) is 5.92 Å². The van der Waals surface area contributed by atoms with Crippen LogP contribution in [0.1, 0.15) is 23.7 Å². The molecule has 4 nitrogen and oxygen atoms in total. The summed E-state index contributed by atoms with van der Waals surface area (Å²) in [4.78, 5) is 19.1. The number of hydrogen-bond acceptors (Lipinski definition) is 3. The molecule has 0 saturated carbocycles. The monoisotopic (exact) mass is 303 g/mol. The Morgan fingerprint density at radius 3 is 3.00 bits per heavy atom. The lowest BCUT2D eigenvalue weighted by Gasteiger charge is -2.22. The Kier molecular flexibility index (Phi) is 3.83. The predicted molar refractivity (Wildman–Crippen MR) is 84.4 cm³/mol. The van der Waals surface area contributed by atoms with Crippen molar-refractivity contribution in [3.63, 3.8) is 0 Å². The van der Waals surface area contributed by atoms with E-state index in [0.717, 1.165) is 11.8 Å². The van der Waals surface area contributed by atoms with Gasteiger partial charge in [-0.2, -0.15) is 0 Å². The van der Waals surface area contributed by atoms with Crippen LogP contribution < -0.4 is 5.73 Å². The van der Waals surface area contributed by atoms with E-state index in [0.29, 0.717) is 35.1 Å². The smallest absolute Gasteiger partial charge is 0.256 e. The summed E-state index contributed by atoms with van der Waals surface area (Å²) in [6.07, 6.45) is 2.65. The maximum Gasteiger partial charge on any atom is 0.256 e. The molecule has 1 aliphatic heterocycles. The molecule has 0 spiro atoms. The molecule has 1 aromatic heterocycles. The van der Waals surface area contributed by atoms with Gasteiger partial charge in [0, 0.05) is 24.2 Å². The average molecular weight is 304 g/mol. The molecule has 0 aliphatic carbocycles. The van der Waals surface area contributed by atoms with Gasteiger partial charge in [0.25, 0.3) is 5.91 Å². The van der Waals surface area contributed by atoms with Gasteiger partial charge in [-0.1, -0.05) is 11.6 Å². The van der Waals surface area contributed by atoms with E-state index < -0.39 is 0 Å². The van der Waals surface area contributed by atoms with Gasteiger partial charge in [0.1, 0.15) is 0 Å². The first kappa shape index (κ1) is 14.3. The van der Waals surface area contributed by atoms with Gasteiger partial charge in [-0.05, 0) is 50.1 Å². The lowest BCUT2D eigenvalue weighted by Crippen LogP contribution is -2.34. The Balaban J connectivity index is 2.01. The molecule has 1 fully saturated rings. The van der Waals surface area contributed by atoms with Crippen molar-refractivity contribution in [1.82, 2.24) is 9.88 Å². The zero-order valence-corrected chi connectivity index (χ0v) is 12.7. The first-order valence-corrected chi connectivity index (χ1v) is 7.54. The van der Waals surface area contributed by atoms with Crippen molar-refractivity contribution < 1.29 is 4.79 Å². The average Bonchev–Trinajstić information content (AvgIpc) is 2.88. The summed E-state index contributed by atoms with van der Waals surface area (Å²) in [6.45, 7) is 3.40. The van der Waals surface area contributed by atoms with Crippen LogP contribution in [0.15, 0.2) is 30.5 Å². The van der Waals surface area contributed by atoms with Crippen molar-refractivity contribution in [1.29, 1.82) is 0 Å². The number of hydrogen-bond donors (Lipinski definition) is 1. The van der Waals surface area contributed by atoms with E-state index >= 15 is 0 Å². The topological polar surface area (TPSA) is 59.2 Å². The Morgan fingerprint density at radius 2 is 2.29 bits per heavy atom. The van der Waals surface area contributed by atoms with E-state index in [1.165, 1.54) is 0 Å². The molecule has 1 saturated heterocycles. The summed E-state index contributed by atoms with van der Waals surface area (Å²) in [7, 11) is 0. The van der Waals surface area contributed by atoms with Crippen molar-refractivity contribution in [2.75, 3.05) is 13.1 Å². The minimum atomic E-state index is 0.0128. The second-order valence-electron chi connectivity index (χ2n) is 5.64. The third kappa shape index (κ3) is 2.49. The highest BCUT2D eigenvalue weighted by Gasteiger charge is 2.32. The number of pyridine rings is 1. The van der Waals surface area contributed by atoms with Crippen molar-refractivity contribution >= 4 is 28.4 Å². The molecule has 2 atom stereocenters. The molecule has 110 valence electrons. The summed E-state index contributed by atoms with van der Waals surface area (Å²) in [6, 6.07) is 7.45. The molecule has 1 aromatic carbocycles. The van der Waals surface area contributed by atoms with Crippen molar-refractivity contribution in [2.24, 2.45) is 11.7 Å². The van der Waals surface area contributed by atoms with Crippen LogP contribution in [0.2, 0.25) is 5.02 Å². The SMILES string of the molecule is CC1CC(CN)CN1C(=O)c1ccc(Cl)c2cccnc12. The number of nitrogens with two attached hydrogens (primary N) is 1. The van der Waals surface area contributed by atoms with Gasteiger partial charge in [0.15, 0.2) is 0 Å². The molecule has 2 aromatic rings. The van der Waals surface area contributed by atoms with E-state index in [2.05, 4.69) is 11.9 Å². The third-order valence-corrected chi connectivity index (χ3v) is 4.53. The minimum absolute atomic E-state index is 0.0128. The lowest BCUT2D eigenvalue weighted by atomic mass is 10.1. The number of nitrogens with zero attached hydrogens (tertiary/aromatic N) is 2. The zero-order valence-electron chi connectivity index (χ0n) is 11.9. The number of amides is 1. The number of carbonyl (C=O) groups excluding carboxylic acids is 1. The largest absolute Gasteiger partial charge is 0.336 e. The summed E-state index contributed by atoms with van der Waals surface area (Å²) in [5, 5.41) is 1.43. The van der Waals surface area contributed by atoms with Gasteiger partial charge in [-0.3, -0.25) is 9.78 Å². The number of rotatable bonds is 2. The summed E-state index contributed by atoms with van der Waals surface area (Å²) >= 11 is 6.19. The Hall–Kier alpha value is -1.65. The van der Waals surface area contributed by atoms with Gasteiger partial charge in [0.05, 0.1) is 16.1 Å². The first-order valence-electron chi connectivity index (χ1n) is 7.16. The summed E-state index contributed by atoms with van der Waals surface area (Å²) in [5.74, 6) is 0.397. The molecule has 2 N–H and O–H groups in total. The molecule has 1 aliphatic rings. The van der Waals surface area contributed by atoms with E-state index in [-0.39, 0.29) is 11.9 Å². The highest BCUT2D eigenvalue weighted by Crippen LogP contribution is 2.29. The van der Waals surface area contributed by atoms with Gasteiger partial charge in [0.2, 0.25) is 0 Å². The number of halogens is 1. The number of carbonyl (C=O) groups is 1. The lowest BCUT2D eigenvalue weighted by molar-refractivity contribution is 0.0745. The summed E-state index contributed by atoms with van der Waals surface area (Å²) in [5.41, 5.74) is 7.02. The minimum Gasteiger partial charge on any atom is -0.336 e. The quantitative estimate of drug-likeness (QED) is 0.928. The third-order valence-electron chi connectivity index (χ3n) is 4.20. The second kappa shape index (κ2) is 5.62. The van der Waals surface area contributed by atoms with Crippen LogP contribution >= 0.6 is 11.6 Å². The van der Waals surface area contributed by atoms with E-state index in [1.54, 1.807) is 18.3 Å². The van der Waals surface area contributed by atoms with Crippen molar-refractivity contribution in [3.05, 3.63) is 41.0 Å². The fourth-order valence-electron chi connectivity index (χ4n) is 3.06. The maximum absolute atomic E-state index is 12.8. The molecule has 0 bridgehead atoms. The van der Waals surface area contributed by atoms with Crippen LogP contribution in [0.25, 0.3) is 10.9 Å². The predicted octanol–water partition coefficient (Wildman–Crippen LogP) is 2.70. The Morgan fingerprint density at radius 1 is 1.48 bits per heavy atom. The normalized spacial score (nSPS) is 22.0. The number of fused-ring (bicyclic) bond motifs is 1. The van der Waals surface area contributed by atoms with Crippen LogP contribution in [0.3, 0.4) is 0 Å². The van der Waals surface area contributed by atoms with Gasteiger partial charge in [-0.25, -0.2) is 0 Å². The molecule has 3 rings (SSSR count). The van der Waals surface area contributed by atoms with Crippen LogP contribution in [-0.2, 0) is 0 Å². The first-order chi connectivity index (χ1) is 10.1. The molecule has 2 heterocycles. The van der Waals surface area contributed by atoms with E-state index in [4.69, 9.17) is 17.3 Å². The highest BCUT2D eigenvalue weighted by atomic mass is 35.5. The maximum atomic E-state index is 12.8. The van der Waals surface area contributed by atoms with Crippen molar-refractivity contribution in [2.45, 2.75) is 19.4 Å². The Labute approximate surface area is 128 Å². The van der Waals surface area contributed by atoms with Gasteiger partial charge >= 0.3 is 0 Å². The number of aromatic nitrogens is 1. The molecular formula is C16H18ClN3O. The molecule has 2 unspecified atom stereocenters. The van der Waals surface area contributed by atoms with Gasteiger partial charge in [-0.15, -0.1) is 0 Å². The van der Waals surface area contributed by atoms with Gasteiger partial charge < -0.3 is 10.6 Å². The Bertz CT molecular complexity index is 688. The molecular weight excluding hydrogens is 286 g/mol. The standard InChI is InChI=1S/C16H18ClN3O/c1-10-7-11(8-18)9-20(10)16(21)13-4-5-14(17)12-3-2-6-19-15(12)13/h2-6,10-11H,7-9,18H2,1H3. The second-order valence-corrected chi connectivity index (χ2v) is 6.05. The number of likely N-dealkylation sites (tertiary alicyclic amines) is 1. The van der Waals surface area contributed by atoms with E-state index in [1.807, 2.05) is 17.0 Å². The van der Waals surface area contributed by atoms with Crippen molar-refractivity contribution in [3.8, 4) is 0 Å². The fraction of sp³-hybridized carbons (Fsp3) is 0.375. The van der Waals surface area contributed by atoms with Crippen LogP contribution in [0.5, 0.6) is 0 Å². The van der Waals surface area contributed by atoms with Crippen LogP contribution in [-0.4, -0.2) is 34.9 Å². The van der Waals surface area contributed by atoms with E-state index in [9.17, 15) is 4.79 Å². The number of benzene rings is 1. The zero-order chi connectivity index (χ0) is 15.0. The molecule has 5 heteroatoms. The fourth-order valence-corrected chi connectivity index (χ4v) is 3.28. The summed E-state index contributed by atoms with van der Waals surface area (Å²) < 4.78 is 0.